The molecule has 1 aliphatic rings. The third-order valence-corrected chi connectivity index (χ3v) is 4.46. The van der Waals surface area contributed by atoms with Crippen LogP contribution in [0.2, 0.25) is 0 Å². The molecule has 0 aliphatic heterocycles. The lowest BCUT2D eigenvalue weighted by atomic mass is 10.0. The summed E-state index contributed by atoms with van der Waals surface area (Å²) in [5.41, 5.74) is 6.90. The van der Waals surface area contributed by atoms with E-state index in [1.807, 2.05) is 25.1 Å². The fourth-order valence-corrected chi connectivity index (χ4v) is 3.00. The van der Waals surface area contributed by atoms with E-state index in [2.05, 4.69) is 19.2 Å². The number of rotatable bonds is 7. The highest BCUT2D eigenvalue weighted by molar-refractivity contribution is 5.85. The Morgan fingerprint density at radius 3 is 2.56 bits per heavy atom. The molecule has 2 rings (SSSR count). The van der Waals surface area contributed by atoms with Crippen molar-refractivity contribution in [1.82, 2.24) is 5.32 Å². The van der Waals surface area contributed by atoms with Gasteiger partial charge in [0.15, 0.2) is 11.5 Å². The lowest BCUT2D eigenvalue weighted by Crippen LogP contribution is -2.32. The van der Waals surface area contributed by atoms with E-state index in [1.165, 1.54) is 0 Å². The second kappa shape index (κ2) is 9.88. The molecule has 1 aliphatic carbocycles. The number of carbonyl (C=O) groups is 1. The first-order chi connectivity index (χ1) is 11.4. The van der Waals surface area contributed by atoms with Gasteiger partial charge in [0.05, 0.1) is 19.8 Å². The van der Waals surface area contributed by atoms with Crippen LogP contribution >= 0.6 is 12.4 Å². The summed E-state index contributed by atoms with van der Waals surface area (Å²) in [4.78, 5) is 12.4. The minimum absolute atomic E-state index is 0. The molecule has 1 fully saturated rings. The number of halogens is 1. The van der Waals surface area contributed by atoms with E-state index in [4.69, 9.17) is 15.2 Å². The predicted octanol–water partition coefficient (Wildman–Crippen LogP) is 3.46. The number of nitrogens with one attached hydrogen (secondary N) is 1. The van der Waals surface area contributed by atoms with E-state index in [9.17, 15) is 4.79 Å². The summed E-state index contributed by atoms with van der Waals surface area (Å²) >= 11 is 0. The molecule has 3 unspecified atom stereocenters. The third kappa shape index (κ3) is 6.08. The number of nitrogens with two attached hydrogens (primary N) is 1. The zero-order valence-corrected chi connectivity index (χ0v) is 16.4. The fraction of sp³-hybridized carbons (Fsp3) is 0.632. The minimum Gasteiger partial charge on any atom is -0.493 e. The van der Waals surface area contributed by atoms with Crippen LogP contribution in [0.4, 0.5) is 0 Å². The second-order valence-electron chi connectivity index (χ2n) is 7.12. The molecule has 0 radical (unpaired) electrons. The van der Waals surface area contributed by atoms with Crippen molar-refractivity contribution in [2.45, 2.75) is 52.1 Å². The van der Waals surface area contributed by atoms with E-state index in [0.717, 1.165) is 30.6 Å². The maximum Gasteiger partial charge on any atom is 0.223 e. The Bertz CT molecular complexity index is 566. The number of amides is 1. The van der Waals surface area contributed by atoms with Crippen molar-refractivity contribution in [1.29, 1.82) is 0 Å². The molecule has 6 heteroatoms. The number of carbonyl (C=O) groups excluding carboxylic acids is 1. The van der Waals surface area contributed by atoms with Crippen molar-refractivity contribution < 1.29 is 14.3 Å². The van der Waals surface area contributed by atoms with E-state index in [0.29, 0.717) is 18.3 Å². The molecule has 0 aromatic heterocycles. The highest BCUT2D eigenvalue weighted by Gasteiger charge is 2.28. The molecule has 25 heavy (non-hydrogen) atoms. The van der Waals surface area contributed by atoms with Gasteiger partial charge in [0, 0.05) is 12.0 Å². The van der Waals surface area contributed by atoms with Gasteiger partial charge in [0.2, 0.25) is 5.91 Å². The number of hydrogen-bond donors (Lipinski definition) is 2. The predicted molar refractivity (Wildman–Crippen MR) is 102 cm³/mol. The quantitative estimate of drug-likeness (QED) is 0.770. The average Bonchev–Trinajstić information content (AvgIpc) is 2.99. The van der Waals surface area contributed by atoms with Gasteiger partial charge in [-0.1, -0.05) is 19.9 Å². The summed E-state index contributed by atoms with van der Waals surface area (Å²) in [5, 5.41) is 3.09. The van der Waals surface area contributed by atoms with Crippen LogP contribution < -0.4 is 20.5 Å². The molecular formula is C19H31ClN2O3. The van der Waals surface area contributed by atoms with E-state index < -0.39 is 0 Å². The van der Waals surface area contributed by atoms with Crippen LogP contribution in [0.15, 0.2) is 18.2 Å². The van der Waals surface area contributed by atoms with Crippen molar-refractivity contribution in [2.75, 3.05) is 13.7 Å². The van der Waals surface area contributed by atoms with Crippen molar-refractivity contribution in [2.24, 2.45) is 17.6 Å². The first-order valence-electron chi connectivity index (χ1n) is 8.77. The van der Waals surface area contributed by atoms with Crippen molar-refractivity contribution in [3.63, 3.8) is 0 Å². The smallest absolute Gasteiger partial charge is 0.223 e. The molecule has 0 spiro atoms. The van der Waals surface area contributed by atoms with Crippen LogP contribution in [0.25, 0.3) is 0 Å². The van der Waals surface area contributed by atoms with Gasteiger partial charge < -0.3 is 20.5 Å². The number of hydrogen-bond acceptors (Lipinski definition) is 4. The number of benzene rings is 1. The Hall–Kier alpha value is -1.46. The minimum atomic E-state index is -0.0811. The van der Waals surface area contributed by atoms with Gasteiger partial charge in [-0.2, -0.15) is 0 Å². The zero-order valence-electron chi connectivity index (χ0n) is 15.6. The van der Waals surface area contributed by atoms with Gasteiger partial charge >= 0.3 is 0 Å². The Morgan fingerprint density at radius 2 is 2.00 bits per heavy atom. The maximum absolute atomic E-state index is 12.4. The maximum atomic E-state index is 12.4. The molecule has 0 saturated heterocycles. The van der Waals surface area contributed by atoms with Gasteiger partial charge in [-0.05, 0) is 49.8 Å². The lowest BCUT2D eigenvalue weighted by Gasteiger charge is -2.19. The highest BCUT2D eigenvalue weighted by Crippen LogP contribution is 2.31. The van der Waals surface area contributed by atoms with Crippen molar-refractivity contribution >= 4 is 18.3 Å². The molecule has 1 aromatic rings. The van der Waals surface area contributed by atoms with Gasteiger partial charge in [-0.25, -0.2) is 0 Å². The normalized spacial score (nSPS) is 20.7. The summed E-state index contributed by atoms with van der Waals surface area (Å²) in [6.45, 7) is 6.83. The van der Waals surface area contributed by atoms with Crippen LogP contribution in [-0.4, -0.2) is 25.7 Å². The second-order valence-corrected chi connectivity index (χ2v) is 7.12. The zero-order chi connectivity index (χ0) is 17.7. The molecule has 0 bridgehead atoms. The average molecular weight is 371 g/mol. The first-order valence-corrected chi connectivity index (χ1v) is 8.77. The fourth-order valence-electron chi connectivity index (χ4n) is 3.00. The number of ether oxygens (including phenoxy) is 2. The van der Waals surface area contributed by atoms with E-state index in [-0.39, 0.29) is 36.3 Å². The van der Waals surface area contributed by atoms with Gasteiger partial charge in [-0.15, -0.1) is 12.4 Å². The number of methoxy groups -OCH3 is 1. The highest BCUT2D eigenvalue weighted by atomic mass is 35.5. The van der Waals surface area contributed by atoms with Gasteiger partial charge in [-0.3, -0.25) is 4.79 Å². The molecule has 1 aromatic carbocycles. The lowest BCUT2D eigenvalue weighted by molar-refractivity contribution is -0.125. The molecule has 1 saturated carbocycles. The van der Waals surface area contributed by atoms with E-state index in [1.54, 1.807) is 7.11 Å². The van der Waals surface area contributed by atoms with Crippen LogP contribution in [-0.2, 0) is 4.79 Å². The van der Waals surface area contributed by atoms with Crippen LogP contribution in [0.1, 0.15) is 51.6 Å². The Labute approximate surface area is 157 Å². The topological polar surface area (TPSA) is 73.6 Å². The molecular weight excluding hydrogens is 340 g/mol. The molecule has 5 nitrogen and oxygen atoms in total. The molecule has 1 amide bonds. The van der Waals surface area contributed by atoms with Crippen molar-refractivity contribution in [3.8, 4) is 11.5 Å². The molecule has 142 valence electrons. The van der Waals surface area contributed by atoms with E-state index >= 15 is 0 Å². The Balaban J connectivity index is 0.00000312. The molecule has 0 heterocycles. The Kier molecular flexibility index (Phi) is 8.53. The van der Waals surface area contributed by atoms with Crippen LogP contribution in [0.5, 0.6) is 11.5 Å². The van der Waals surface area contributed by atoms with Gasteiger partial charge in [0.25, 0.3) is 0 Å². The molecule has 3 atom stereocenters. The SMILES string of the molecule is COc1cc(C(C)NC(=O)C2CCC(N)C2)ccc1OCC(C)C.Cl. The first kappa shape index (κ1) is 21.6. The summed E-state index contributed by atoms with van der Waals surface area (Å²) in [5.74, 6) is 2.00. The summed E-state index contributed by atoms with van der Waals surface area (Å²) in [6, 6.07) is 5.89. The monoisotopic (exact) mass is 370 g/mol. The summed E-state index contributed by atoms with van der Waals surface area (Å²) in [6.07, 6.45) is 2.59. The van der Waals surface area contributed by atoms with Crippen LogP contribution in [0, 0.1) is 11.8 Å². The van der Waals surface area contributed by atoms with Gasteiger partial charge in [0.1, 0.15) is 0 Å². The summed E-state index contributed by atoms with van der Waals surface area (Å²) in [7, 11) is 1.63. The van der Waals surface area contributed by atoms with Crippen molar-refractivity contribution in [3.05, 3.63) is 23.8 Å². The summed E-state index contributed by atoms with van der Waals surface area (Å²) < 4.78 is 11.2. The largest absolute Gasteiger partial charge is 0.493 e. The third-order valence-electron chi connectivity index (χ3n) is 4.46. The standard InChI is InChI=1S/C19H30N2O3.ClH/c1-12(2)11-24-17-8-6-14(10-18(17)23-4)13(3)21-19(22)15-5-7-16(20)9-15;/h6,8,10,12-13,15-16H,5,7,9,11,20H2,1-4H3,(H,21,22);1H. The Morgan fingerprint density at radius 1 is 1.28 bits per heavy atom. The molecule has 3 N–H and O–H groups in total. The van der Waals surface area contributed by atoms with Crippen LogP contribution in [0.3, 0.4) is 0 Å².